The van der Waals surface area contributed by atoms with Crippen molar-refractivity contribution in [3.8, 4) is 0 Å². The first-order valence-electron chi connectivity index (χ1n) is 6.68. The van der Waals surface area contributed by atoms with E-state index in [1.165, 1.54) is 0 Å². The quantitative estimate of drug-likeness (QED) is 0.678. The van der Waals surface area contributed by atoms with Crippen molar-refractivity contribution in [1.82, 2.24) is 5.32 Å². The van der Waals surface area contributed by atoms with E-state index in [9.17, 15) is 14.7 Å². The Kier molecular flexibility index (Phi) is 5.60. The molecule has 6 heteroatoms. The fourth-order valence-electron chi connectivity index (χ4n) is 1.75. The molecule has 1 fully saturated rings. The van der Waals surface area contributed by atoms with Crippen LogP contribution in [0.25, 0.3) is 0 Å². The first-order valence-corrected chi connectivity index (χ1v) is 6.68. The van der Waals surface area contributed by atoms with Gasteiger partial charge in [0.15, 0.2) is 0 Å². The van der Waals surface area contributed by atoms with Crippen molar-refractivity contribution in [2.45, 2.75) is 39.7 Å². The van der Waals surface area contributed by atoms with E-state index in [0.29, 0.717) is 19.4 Å². The summed E-state index contributed by atoms with van der Waals surface area (Å²) in [6, 6.07) is 0. The van der Waals surface area contributed by atoms with Gasteiger partial charge < -0.3 is 19.9 Å². The molecule has 1 amide bonds. The maximum Gasteiger partial charge on any atom is 0.407 e. The fraction of sp³-hybridized carbons (Fsp3) is 0.846. The first-order chi connectivity index (χ1) is 8.92. The lowest BCUT2D eigenvalue weighted by Crippen LogP contribution is -2.41. The molecule has 0 bridgehead atoms. The minimum atomic E-state index is -0.932. The fourth-order valence-corrected chi connectivity index (χ4v) is 1.75. The Balaban J connectivity index is 2.33. The molecule has 1 saturated carbocycles. The summed E-state index contributed by atoms with van der Waals surface area (Å²) in [5.74, 6) is -0.134. The summed E-state index contributed by atoms with van der Waals surface area (Å²) < 4.78 is 9.85. The average Bonchev–Trinajstić information content (AvgIpc) is 3.15. The summed E-state index contributed by atoms with van der Waals surface area (Å²) in [5.41, 5.74) is -0.832. The lowest BCUT2D eigenvalue weighted by atomic mass is 9.99. The molecule has 0 radical (unpaired) electrons. The van der Waals surface area contributed by atoms with Crippen LogP contribution in [0, 0.1) is 11.3 Å². The van der Waals surface area contributed by atoms with E-state index in [2.05, 4.69) is 5.32 Å². The van der Waals surface area contributed by atoms with Crippen molar-refractivity contribution in [3.63, 3.8) is 0 Å². The van der Waals surface area contributed by atoms with Crippen LogP contribution in [-0.2, 0) is 14.3 Å². The molecule has 0 spiro atoms. The van der Waals surface area contributed by atoms with Gasteiger partial charge in [-0.1, -0.05) is 13.8 Å². The highest BCUT2D eigenvalue weighted by Crippen LogP contribution is 2.49. The second kappa shape index (κ2) is 6.75. The van der Waals surface area contributed by atoms with Crippen LogP contribution in [0.15, 0.2) is 0 Å². The molecule has 0 aromatic rings. The zero-order valence-corrected chi connectivity index (χ0v) is 11.8. The third kappa shape index (κ3) is 4.38. The molecular weight excluding hydrogens is 250 g/mol. The standard InChI is InChI=1S/C13H23NO5/c1-4-18-11(16)13(5-6-13)10(15)7-14-12(17)19-8-9(2)3/h9-10,15H,4-8H2,1-3H3,(H,14,17). The van der Waals surface area contributed by atoms with Crippen LogP contribution in [-0.4, -0.2) is 43.0 Å². The first kappa shape index (κ1) is 15.8. The number of aliphatic hydroxyl groups excluding tert-OH is 1. The van der Waals surface area contributed by atoms with Crippen molar-refractivity contribution in [3.05, 3.63) is 0 Å². The van der Waals surface area contributed by atoms with Gasteiger partial charge in [-0.3, -0.25) is 4.79 Å². The molecule has 1 atom stereocenters. The van der Waals surface area contributed by atoms with Crippen LogP contribution in [0.5, 0.6) is 0 Å². The summed E-state index contributed by atoms with van der Waals surface area (Å²) >= 11 is 0. The Labute approximate surface area is 113 Å². The number of aliphatic hydroxyl groups is 1. The minimum absolute atomic E-state index is 0.00422. The second-order valence-corrected chi connectivity index (χ2v) is 5.27. The third-order valence-corrected chi connectivity index (χ3v) is 3.10. The van der Waals surface area contributed by atoms with Crippen LogP contribution in [0.3, 0.4) is 0 Å². The number of carbonyl (C=O) groups is 2. The van der Waals surface area contributed by atoms with Gasteiger partial charge in [-0.05, 0) is 25.7 Å². The third-order valence-electron chi connectivity index (χ3n) is 3.10. The molecule has 19 heavy (non-hydrogen) atoms. The van der Waals surface area contributed by atoms with E-state index in [1.807, 2.05) is 13.8 Å². The topological polar surface area (TPSA) is 84.9 Å². The molecule has 0 heterocycles. The Morgan fingerprint density at radius 2 is 1.95 bits per heavy atom. The zero-order chi connectivity index (χ0) is 14.5. The lowest BCUT2D eigenvalue weighted by Gasteiger charge is -2.20. The number of hydrogen-bond acceptors (Lipinski definition) is 5. The van der Waals surface area contributed by atoms with Crippen molar-refractivity contribution in [1.29, 1.82) is 0 Å². The van der Waals surface area contributed by atoms with Gasteiger partial charge in [-0.2, -0.15) is 0 Å². The number of ether oxygens (including phenoxy) is 2. The molecule has 0 aromatic heterocycles. The monoisotopic (exact) mass is 273 g/mol. The van der Waals surface area contributed by atoms with Gasteiger partial charge in [0.2, 0.25) is 0 Å². The number of nitrogens with one attached hydrogen (secondary N) is 1. The number of amides is 1. The van der Waals surface area contributed by atoms with Gasteiger partial charge in [-0.25, -0.2) is 4.79 Å². The predicted octanol–water partition coefficient (Wildman–Crippen LogP) is 1.07. The molecule has 0 saturated heterocycles. The van der Waals surface area contributed by atoms with E-state index in [-0.39, 0.29) is 25.0 Å². The molecule has 110 valence electrons. The van der Waals surface area contributed by atoms with Crippen molar-refractivity contribution < 1.29 is 24.2 Å². The van der Waals surface area contributed by atoms with Crippen LogP contribution in [0.4, 0.5) is 4.79 Å². The molecule has 1 aliphatic carbocycles. The van der Waals surface area contributed by atoms with Gasteiger partial charge in [0.1, 0.15) is 0 Å². The predicted molar refractivity (Wildman–Crippen MR) is 68.5 cm³/mol. The number of rotatable bonds is 7. The molecule has 1 aliphatic rings. The van der Waals surface area contributed by atoms with Crippen LogP contribution >= 0.6 is 0 Å². The van der Waals surface area contributed by atoms with Gasteiger partial charge in [0.25, 0.3) is 0 Å². The van der Waals surface area contributed by atoms with Crippen LogP contribution in [0.1, 0.15) is 33.6 Å². The molecule has 0 aromatic carbocycles. The Morgan fingerprint density at radius 1 is 1.32 bits per heavy atom. The maximum absolute atomic E-state index is 11.7. The van der Waals surface area contributed by atoms with Crippen molar-refractivity contribution >= 4 is 12.1 Å². The molecule has 1 unspecified atom stereocenters. The molecule has 6 nitrogen and oxygen atoms in total. The summed E-state index contributed by atoms with van der Waals surface area (Å²) in [7, 11) is 0. The number of hydrogen-bond donors (Lipinski definition) is 2. The average molecular weight is 273 g/mol. The smallest absolute Gasteiger partial charge is 0.407 e. The number of esters is 1. The summed E-state index contributed by atoms with van der Waals surface area (Å²) in [5, 5.41) is 12.5. The Hall–Kier alpha value is -1.30. The van der Waals surface area contributed by atoms with Crippen molar-refractivity contribution in [2.24, 2.45) is 11.3 Å². The Bertz CT molecular complexity index is 325. The van der Waals surface area contributed by atoms with Crippen LogP contribution in [0.2, 0.25) is 0 Å². The number of alkyl carbamates (subject to hydrolysis) is 1. The van der Waals surface area contributed by atoms with E-state index in [1.54, 1.807) is 6.92 Å². The SMILES string of the molecule is CCOC(=O)C1(C(O)CNC(=O)OCC(C)C)CC1. The zero-order valence-electron chi connectivity index (χ0n) is 11.8. The minimum Gasteiger partial charge on any atom is -0.465 e. The largest absolute Gasteiger partial charge is 0.465 e. The van der Waals surface area contributed by atoms with Gasteiger partial charge in [-0.15, -0.1) is 0 Å². The number of carbonyl (C=O) groups excluding carboxylic acids is 2. The Morgan fingerprint density at radius 3 is 2.42 bits per heavy atom. The van der Waals surface area contributed by atoms with E-state index >= 15 is 0 Å². The summed E-state index contributed by atoms with van der Waals surface area (Å²) in [4.78, 5) is 23.0. The van der Waals surface area contributed by atoms with E-state index in [4.69, 9.17) is 9.47 Å². The lowest BCUT2D eigenvalue weighted by molar-refractivity contribution is -0.154. The summed E-state index contributed by atoms with van der Waals surface area (Å²) in [6.45, 7) is 6.20. The van der Waals surface area contributed by atoms with Gasteiger partial charge >= 0.3 is 12.1 Å². The molecule has 2 N–H and O–H groups in total. The second-order valence-electron chi connectivity index (χ2n) is 5.27. The van der Waals surface area contributed by atoms with Crippen LogP contribution < -0.4 is 5.32 Å². The highest BCUT2D eigenvalue weighted by molar-refractivity contribution is 5.80. The molecule has 1 rings (SSSR count). The molecular formula is C13H23NO5. The van der Waals surface area contributed by atoms with Gasteiger partial charge in [0, 0.05) is 6.54 Å². The van der Waals surface area contributed by atoms with Gasteiger partial charge in [0.05, 0.1) is 24.7 Å². The van der Waals surface area contributed by atoms with Crippen molar-refractivity contribution in [2.75, 3.05) is 19.8 Å². The molecule has 0 aliphatic heterocycles. The highest BCUT2D eigenvalue weighted by Gasteiger charge is 2.56. The highest BCUT2D eigenvalue weighted by atomic mass is 16.5. The summed E-state index contributed by atoms with van der Waals surface area (Å²) in [6.07, 6.45) is -0.323. The maximum atomic E-state index is 11.7. The normalized spacial score (nSPS) is 17.7. The van der Waals surface area contributed by atoms with E-state index < -0.39 is 17.6 Å². The van der Waals surface area contributed by atoms with E-state index in [0.717, 1.165) is 0 Å².